The van der Waals surface area contributed by atoms with E-state index in [1.165, 1.54) is 9.80 Å². The number of carbonyl (C=O) groups excluding carboxylic acids is 2. The Morgan fingerprint density at radius 1 is 1.37 bits per heavy atom. The molecule has 0 aliphatic carbocycles. The average molecular weight is 281 g/mol. The van der Waals surface area contributed by atoms with Gasteiger partial charge in [0.05, 0.1) is 6.42 Å². The molecule has 0 spiro atoms. The largest absolute Gasteiger partial charge is 0.389 e. The standard InChI is InChI=1S/C11H18F3N3O2/c1-16(2)10(19)8-7-15-5-6-17(8)9(18)3-4-11(12,13)14/h8,15H,3-7H2,1-2H3. The molecule has 0 saturated carbocycles. The monoisotopic (exact) mass is 281 g/mol. The Hall–Kier alpha value is -1.31. The molecule has 1 aliphatic heterocycles. The number of likely N-dealkylation sites (N-methyl/N-ethyl adjacent to an activating group) is 1. The summed E-state index contributed by atoms with van der Waals surface area (Å²) in [4.78, 5) is 26.3. The highest BCUT2D eigenvalue weighted by molar-refractivity contribution is 5.88. The molecule has 0 aromatic heterocycles. The molecule has 1 rings (SSSR count). The molecular weight excluding hydrogens is 263 g/mol. The number of hydrogen-bond donors (Lipinski definition) is 1. The zero-order valence-corrected chi connectivity index (χ0v) is 11.0. The van der Waals surface area contributed by atoms with Gasteiger partial charge in [-0.3, -0.25) is 9.59 Å². The van der Waals surface area contributed by atoms with Gasteiger partial charge in [0.25, 0.3) is 0 Å². The van der Waals surface area contributed by atoms with Crippen molar-refractivity contribution in [3.05, 3.63) is 0 Å². The molecule has 1 atom stereocenters. The highest BCUT2D eigenvalue weighted by Gasteiger charge is 2.35. The molecule has 0 radical (unpaired) electrons. The van der Waals surface area contributed by atoms with E-state index in [4.69, 9.17) is 0 Å². The molecule has 1 unspecified atom stereocenters. The molecule has 1 fully saturated rings. The summed E-state index contributed by atoms with van der Waals surface area (Å²) >= 11 is 0. The summed E-state index contributed by atoms with van der Waals surface area (Å²) in [6, 6.07) is -0.718. The van der Waals surface area contributed by atoms with Crippen LogP contribution in [-0.2, 0) is 9.59 Å². The summed E-state index contributed by atoms with van der Waals surface area (Å²) in [5, 5.41) is 2.96. The van der Waals surface area contributed by atoms with Gasteiger partial charge in [-0.2, -0.15) is 13.2 Å². The van der Waals surface area contributed by atoms with Crippen LogP contribution in [0.2, 0.25) is 0 Å². The fourth-order valence-electron chi connectivity index (χ4n) is 1.91. The van der Waals surface area contributed by atoms with Gasteiger partial charge in [-0.05, 0) is 0 Å². The highest BCUT2D eigenvalue weighted by atomic mass is 19.4. The average Bonchev–Trinajstić information content (AvgIpc) is 2.34. The quantitative estimate of drug-likeness (QED) is 0.805. The lowest BCUT2D eigenvalue weighted by Crippen LogP contribution is -2.59. The lowest BCUT2D eigenvalue weighted by molar-refractivity contribution is -0.154. The van der Waals surface area contributed by atoms with Gasteiger partial charge >= 0.3 is 6.18 Å². The number of hydrogen-bond acceptors (Lipinski definition) is 3. The van der Waals surface area contributed by atoms with Gasteiger partial charge in [0.15, 0.2) is 0 Å². The lowest BCUT2D eigenvalue weighted by Gasteiger charge is -2.36. The Balaban J connectivity index is 2.66. The lowest BCUT2D eigenvalue weighted by atomic mass is 10.1. The zero-order chi connectivity index (χ0) is 14.6. The third-order valence-electron chi connectivity index (χ3n) is 2.91. The number of nitrogens with one attached hydrogen (secondary N) is 1. The highest BCUT2D eigenvalue weighted by Crippen LogP contribution is 2.22. The summed E-state index contributed by atoms with van der Waals surface area (Å²) in [5.41, 5.74) is 0. The maximum absolute atomic E-state index is 12.1. The van der Waals surface area contributed by atoms with Gasteiger partial charge in [0, 0.05) is 40.2 Å². The number of nitrogens with zero attached hydrogens (tertiary/aromatic N) is 2. The van der Waals surface area contributed by atoms with Crippen LogP contribution in [0, 0.1) is 0 Å². The number of alkyl halides is 3. The Morgan fingerprint density at radius 3 is 2.53 bits per heavy atom. The number of piperazine rings is 1. The van der Waals surface area contributed by atoms with E-state index in [0.717, 1.165) is 0 Å². The molecule has 8 heteroatoms. The molecule has 2 amide bonds. The molecule has 0 aromatic rings. The van der Waals surface area contributed by atoms with E-state index in [2.05, 4.69) is 5.32 Å². The van der Waals surface area contributed by atoms with E-state index in [1.54, 1.807) is 14.1 Å². The fourth-order valence-corrected chi connectivity index (χ4v) is 1.91. The van der Waals surface area contributed by atoms with Gasteiger partial charge in [-0.15, -0.1) is 0 Å². The first-order chi connectivity index (χ1) is 8.72. The van der Waals surface area contributed by atoms with Gasteiger partial charge in [-0.25, -0.2) is 0 Å². The van der Waals surface area contributed by atoms with Crippen LogP contribution in [0.4, 0.5) is 13.2 Å². The molecule has 0 bridgehead atoms. The van der Waals surface area contributed by atoms with Crippen LogP contribution in [0.5, 0.6) is 0 Å². The van der Waals surface area contributed by atoms with Crippen molar-refractivity contribution in [3.8, 4) is 0 Å². The van der Waals surface area contributed by atoms with E-state index in [1.807, 2.05) is 0 Å². The Bertz CT molecular complexity index is 345. The molecular formula is C11H18F3N3O2. The first-order valence-electron chi connectivity index (χ1n) is 6.00. The smallest absolute Gasteiger partial charge is 0.347 e. The van der Waals surface area contributed by atoms with Crippen molar-refractivity contribution in [2.45, 2.75) is 25.1 Å². The Labute approximate surface area is 109 Å². The maximum atomic E-state index is 12.1. The van der Waals surface area contributed by atoms with Crippen LogP contribution in [0.3, 0.4) is 0 Å². The minimum absolute atomic E-state index is 0.251. The maximum Gasteiger partial charge on any atom is 0.389 e. The first kappa shape index (κ1) is 15.7. The van der Waals surface area contributed by atoms with Gasteiger partial charge in [0.1, 0.15) is 6.04 Å². The Morgan fingerprint density at radius 2 is 2.00 bits per heavy atom. The third kappa shape index (κ3) is 4.70. The number of rotatable bonds is 3. The van der Waals surface area contributed by atoms with E-state index in [9.17, 15) is 22.8 Å². The second-order valence-electron chi connectivity index (χ2n) is 4.65. The zero-order valence-electron chi connectivity index (χ0n) is 11.0. The minimum Gasteiger partial charge on any atom is -0.347 e. The topological polar surface area (TPSA) is 52.7 Å². The number of carbonyl (C=O) groups is 2. The molecule has 110 valence electrons. The van der Waals surface area contributed by atoms with Crippen LogP contribution in [0.1, 0.15) is 12.8 Å². The minimum atomic E-state index is -4.36. The summed E-state index contributed by atoms with van der Waals surface area (Å²) in [6.45, 7) is 1.00. The fraction of sp³-hybridized carbons (Fsp3) is 0.818. The van der Waals surface area contributed by atoms with Crippen molar-refractivity contribution in [1.82, 2.24) is 15.1 Å². The molecule has 5 nitrogen and oxygen atoms in total. The predicted octanol–water partition coefficient (Wildman–Crippen LogP) is 0.218. The molecule has 1 aliphatic rings. The van der Waals surface area contributed by atoms with Crippen molar-refractivity contribution in [3.63, 3.8) is 0 Å². The van der Waals surface area contributed by atoms with Crippen LogP contribution in [0.25, 0.3) is 0 Å². The van der Waals surface area contributed by atoms with E-state index >= 15 is 0 Å². The van der Waals surface area contributed by atoms with Crippen molar-refractivity contribution >= 4 is 11.8 Å². The SMILES string of the molecule is CN(C)C(=O)C1CNCCN1C(=O)CCC(F)(F)F. The van der Waals surface area contributed by atoms with Crippen LogP contribution >= 0.6 is 0 Å². The van der Waals surface area contributed by atoms with Crippen molar-refractivity contribution in [2.24, 2.45) is 0 Å². The summed E-state index contributed by atoms with van der Waals surface area (Å²) in [6.07, 6.45) is -6.12. The van der Waals surface area contributed by atoms with Crippen molar-refractivity contribution in [1.29, 1.82) is 0 Å². The molecule has 1 saturated heterocycles. The van der Waals surface area contributed by atoms with Crippen molar-refractivity contribution < 1.29 is 22.8 Å². The van der Waals surface area contributed by atoms with Crippen LogP contribution < -0.4 is 5.32 Å². The molecule has 0 aromatic carbocycles. The second kappa shape index (κ2) is 6.23. The van der Waals surface area contributed by atoms with Crippen LogP contribution in [0.15, 0.2) is 0 Å². The Kier molecular flexibility index (Phi) is 5.16. The van der Waals surface area contributed by atoms with Gasteiger partial charge in [-0.1, -0.05) is 0 Å². The summed E-state index contributed by atoms with van der Waals surface area (Å²) in [7, 11) is 3.10. The van der Waals surface area contributed by atoms with E-state index in [-0.39, 0.29) is 19.0 Å². The molecule has 19 heavy (non-hydrogen) atoms. The number of halogens is 3. The summed E-state index contributed by atoms with van der Waals surface area (Å²) in [5.74, 6) is -0.911. The van der Waals surface area contributed by atoms with Gasteiger partial charge < -0.3 is 15.1 Å². The molecule has 1 N–H and O–H groups in total. The van der Waals surface area contributed by atoms with Crippen LogP contribution in [-0.4, -0.2) is 67.6 Å². The second-order valence-corrected chi connectivity index (χ2v) is 4.65. The van der Waals surface area contributed by atoms with E-state index < -0.39 is 31.0 Å². The number of amides is 2. The normalized spacial score (nSPS) is 20.3. The first-order valence-corrected chi connectivity index (χ1v) is 6.00. The van der Waals surface area contributed by atoms with Crippen molar-refractivity contribution in [2.75, 3.05) is 33.7 Å². The summed E-state index contributed by atoms with van der Waals surface area (Å²) < 4.78 is 36.3. The van der Waals surface area contributed by atoms with E-state index in [0.29, 0.717) is 6.54 Å². The van der Waals surface area contributed by atoms with Gasteiger partial charge in [0.2, 0.25) is 11.8 Å². The molecule has 1 heterocycles. The predicted molar refractivity (Wildman–Crippen MR) is 62.4 cm³/mol. The third-order valence-corrected chi connectivity index (χ3v) is 2.91.